The van der Waals surface area contributed by atoms with Crippen LogP contribution >= 0.6 is 22.9 Å². The molecule has 0 bridgehead atoms. The standard InChI is InChI=1S/C16H12ClF2NO3S/c1-22-8-5-9(23-2)15(19)13(14(8)18)16(21)10-3-7-4-12(17)20-6-11(7)24-10/h3-6,16,21H,1-2H3. The fourth-order valence-electron chi connectivity index (χ4n) is 2.36. The van der Waals surface area contributed by atoms with Gasteiger partial charge in [-0.15, -0.1) is 11.3 Å². The summed E-state index contributed by atoms with van der Waals surface area (Å²) in [6.45, 7) is 0. The fourth-order valence-corrected chi connectivity index (χ4v) is 3.54. The molecule has 1 N–H and O–H groups in total. The van der Waals surface area contributed by atoms with Gasteiger partial charge in [0.25, 0.3) is 0 Å². The molecule has 3 aromatic rings. The number of pyridine rings is 1. The van der Waals surface area contributed by atoms with Gasteiger partial charge in [0.2, 0.25) is 0 Å². The number of rotatable bonds is 4. The molecule has 1 unspecified atom stereocenters. The van der Waals surface area contributed by atoms with Gasteiger partial charge in [0, 0.05) is 17.1 Å². The van der Waals surface area contributed by atoms with E-state index in [2.05, 4.69) is 4.98 Å². The Morgan fingerprint density at radius 1 is 1.12 bits per heavy atom. The lowest BCUT2D eigenvalue weighted by Gasteiger charge is -2.16. The molecule has 3 rings (SSSR count). The van der Waals surface area contributed by atoms with Crippen molar-refractivity contribution in [3.63, 3.8) is 0 Å². The van der Waals surface area contributed by atoms with Gasteiger partial charge < -0.3 is 14.6 Å². The smallest absolute Gasteiger partial charge is 0.174 e. The normalized spacial score (nSPS) is 12.4. The van der Waals surface area contributed by atoms with Crippen molar-refractivity contribution in [3.8, 4) is 11.5 Å². The summed E-state index contributed by atoms with van der Waals surface area (Å²) in [4.78, 5) is 4.30. The van der Waals surface area contributed by atoms with Gasteiger partial charge in [0.1, 0.15) is 11.3 Å². The van der Waals surface area contributed by atoms with Gasteiger partial charge in [-0.2, -0.15) is 0 Å². The van der Waals surface area contributed by atoms with E-state index >= 15 is 0 Å². The van der Waals surface area contributed by atoms with E-state index in [-0.39, 0.29) is 11.5 Å². The molecule has 0 saturated carbocycles. The molecule has 1 atom stereocenters. The number of fused-ring (bicyclic) bond motifs is 1. The van der Waals surface area contributed by atoms with Crippen molar-refractivity contribution in [2.75, 3.05) is 14.2 Å². The molecule has 0 aliphatic rings. The summed E-state index contributed by atoms with van der Waals surface area (Å²) >= 11 is 7.00. The van der Waals surface area contributed by atoms with Crippen LogP contribution in [0.15, 0.2) is 24.4 Å². The first kappa shape index (κ1) is 16.9. The molecule has 8 heteroatoms. The molecule has 0 fully saturated rings. The van der Waals surface area contributed by atoms with Crippen molar-refractivity contribution in [2.24, 2.45) is 0 Å². The highest BCUT2D eigenvalue weighted by Gasteiger charge is 2.27. The summed E-state index contributed by atoms with van der Waals surface area (Å²) in [6, 6.07) is 4.32. The summed E-state index contributed by atoms with van der Waals surface area (Å²) in [6.07, 6.45) is 0.0161. The minimum Gasteiger partial charge on any atom is -0.494 e. The molecule has 0 saturated heterocycles. The number of halogens is 3. The Bertz CT molecular complexity index is 888. The molecule has 126 valence electrons. The summed E-state index contributed by atoms with van der Waals surface area (Å²) < 4.78 is 39.5. The molecule has 0 amide bonds. The van der Waals surface area contributed by atoms with Crippen LogP contribution in [0.25, 0.3) is 10.1 Å². The topological polar surface area (TPSA) is 51.6 Å². The number of hydrogen-bond acceptors (Lipinski definition) is 5. The predicted molar refractivity (Wildman–Crippen MR) is 88.2 cm³/mol. The second kappa shape index (κ2) is 6.51. The van der Waals surface area contributed by atoms with Gasteiger partial charge in [-0.25, -0.2) is 13.8 Å². The Morgan fingerprint density at radius 2 is 1.75 bits per heavy atom. The Morgan fingerprint density at radius 3 is 2.33 bits per heavy atom. The van der Waals surface area contributed by atoms with Crippen molar-refractivity contribution in [1.29, 1.82) is 0 Å². The lowest BCUT2D eigenvalue weighted by molar-refractivity contribution is 0.208. The van der Waals surface area contributed by atoms with Crippen LogP contribution in [0.2, 0.25) is 5.15 Å². The molecule has 0 spiro atoms. The second-order valence-corrected chi connectivity index (χ2v) is 6.42. The number of nitrogens with zero attached hydrogens (tertiary/aromatic N) is 1. The number of thiophene rings is 1. The first-order chi connectivity index (χ1) is 11.5. The zero-order valence-electron chi connectivity index (χ0n) is 12.6. The van der Waals surface area contributed by atoms with Crippen LogP contribution < -0.4 is 9.47 Å². The number of methoxy groups -OCH3 is 2. The van der Waals surface area contributed by atoms with Crippen molar-refractivity contribution in [3.05, 3.63) is 51.6 Å². The summed E-state index contributed by atoms with van der Waals surface area (Å²) in [5, 5.41) is 11.5. The number of aliphatic hydroxyl groups excluding tert-OH is 1. The van der Waals surface area contributed by atoms with Crippen LogP contribution in [0.5, 0.6) is 11.5 Å². The van der Waals surface area contributed by atoms with E-state index < -0.39 is 23.3 Å². The molecule has 1 aromatic carbocycles. The lowest BCUT2D eigenvalue weighted by Crippen LogP contribution is -2.07. The van der Waals surface area contributed by atoms with Crippen LogP contribution in [-0.2, 0) is 0 Å². The van der Waals surface area contributed by atoms with E-state index in [9.17, 15) is 13.9 Å². The number of aromatic nitrogens is 1. The van der Waals surface area contributed by atoms with Crippen molar-refractivity contribution in [1.82, 2.24) is 4.98 Å². The van der Waals surface area contributed by atoms with Crippen molar-refractivity contribution >= 4 is 33.0 Å². The predicted octanol–water partition coefficient (Wildman–Crippen LogP) is 4.33. The summed E-state index contributed by atoms with van der Waals surface area (Å²) in [5.41, 5.74) is -0.531. The van der Waals surface area contributed by atoms with Gasteiger partial charge in [0.15, 0.2) is 23.1 Å². The van der Waals surface area contributed by atoms with E-state index in [1.54, 1.807) is 12.1 Å². The highest BCUT2D eigenvalue weighted by Crippen LogP contribution is 2.40. The van der Waals surface area contributed by atoms with Gasteiger partial charge >= 0.3 is 0 Å². The minimum atomic E-state index is -1.52. The monoisotopic (exact) mass is 371 g/mol. The summed E-state index contributed by atoms with van der Waals surface area (Å²) in [7, 11) is 2.50. The van der Waals surface area contributed by atoms with Gasteiger partial charge in [-0.05, 0) is 17.5 Å². The van der Waals surface area contributed by atoms with Gasteiger partial charge in [-0.1, -0.05) is 11.6 Å². The average molecular weight is 372 g/mol. The Balaban J connectivity index is 2.15. The Hall–Kier alpha value is -1.96. The second-order valence-electron chi connectivity index (χ2n) is 4.92. The van der Waals surface area contributed by atoms with Crippen molar-refractivity contribution in [2.45, 2.75) is 6.10 Å². The number of hydrogen-bond donors (Lipinski definition) is 1. The largest absolute Gasteiger partial charge is 0.494 e. The zero-order valence-corrected chi connectivity index (χ0v) is 14.2. The van der Waals surface area contributed by atoms with Crippen molar-refractivity contribution < 1.29 is 23.4 Å². The van der Waals surface area contributed by atoms with Crippen LogP contribution in [0.1, 0.15) is 16.5 Å². The molecule has 2 aromatic heterocycles. The van der Waals surface area contributed by atoms with Gasteiger partial charge in [-0.3, -0.25) is 0 Å². The van der Waals surface area contributed by atoms with Crippen LogP contribution in [-0.4, -0.2) is 24.3 Å². The molecule has 0 aliphatic carbocycles. The first-order valence-corrected chi connectivity index (χ1v) is 7.98. The first-order valence-electron chi connectivity index (χ1n) is 6.79. The number of benzene rings is 1. The fraction of sp³-hybridized carbons (Fsp3) is 0.188. The third-order valence-corrected chi connectivity index (χ3v) is 4.88. The van der Waals surface area contributed by atoms with E-state index in [0.29, 0.717) is 10.0 Å². The quantitative estimate of drug-likeness (QED) is 0.694. The summed E-state index contributed by atoms with van der Waals surface area (Å²) in [5.74, 6) is -2.38. The number of aliphatic hydroxyl groups is 1. The Labute approximate surface area is 145 Å². The maximum atomic E-state index is 14.5. The van der Waals surface area contributed by atoms with E-state index in [1.807, 2.05) is 0 Å². The molecule has 0 aliphatic heterocycles. The molecule has 4 nitrogen and oxygen atoms in total. The average Bonchev–Trinajstić information content (AvgIpc) is 2.98. The molecule has 24 heavy (non-hydrogen) atoms. The highest BCUT2D eigenvalue weighted by atomic mass is 35.5. The SMILES string of the molecule is COc1cc(OC)c(F)c(C(O)c2cc3cc(Cl)ncc3s2)c1F. The van der Waals surface area contributed by atoms with E-state index in [0.717, 1.165) is 16.2 Å². The van der Waals surface area contributed by atoms with Crippen LogP contribution in [0.3, 0.4) is 0 Å². The minimum absolute atomic E-state index is 0.215. The molecular weight excluding hydrogens is 360 g/mol. The Kier molecular flexibility index (Phi) is 4.58. The third-order valence-electron chi connectivity index (χ3n) is 3.54. The maximum Gasteiger partial charge on any atom is 0.174 e. The van der Waals surface area contributed by atoms with Gasteiger partial charge in [0.05, 0.1) is 24.5 Å². The van der Waals surface area contributed by atoms with Crippen LogP contribution in [0.4, 0.5) is 8.78 Å². The maximum absolute atomic E-state index is 14.5. The molecular formula is C16H12ClF2NO3S. The third kappa shape index (κ3) is 2.79. The molecule has 2 heterocycles. The van der Waals surface area contributed by atoms with E-state index in [4.69, 9.17) is 21.1 Å². The lowest BCUT2D eigenvalue weighted by atomic mass is 10.0. The van der Waals surface area contributed by atoms with E-state index in [1.165, 1.54) is 31.8 Å². The molecule has 0 radical (unpaired) electrons. The zero-order chi connectivity index (χ0) is 17.4. The number of ether oxygens (including phenoxy) is 2. The van der Waals surface area contributed by atoms with Crippen LogP contribution in [0, 0.1) is 11.6 Å². The highest BCUT2D eigenvalue weighted by molar-refractivity contribution is 7.19.